The average Bonchev–Trinajstić information content (AvgIpc) is 3.15. The average molecular weight is 457 g/mol. The van der Waals surface area contributed by atoms with Crippen LogP contribution in [0.2, 0.25) is 0 Å². The number of benzene rings is 2. The number of rotatable bonds is 7. The Kier molecular flexibility index (Phi) is 6.64. The van der Waals surface area contributed by atoms with Gasteiger partial charge in [-0.2, -0.15) is 4.31 Å². The van der Waals surface area contributed by atoms with E-state index in [0.29, 0.717) is 42.8 Å². The van der Waals surface area contributed by atoms with Gasteiger partial charge in [0.05, 0.1) is 18.1 Å². The molecule has 170 valence electrons. The molecule has 1 N–H and O–H groups in total. The van der Waals surface area contributed by atoms with Crippen LogP contribution in [0, 0.1) is 6.92 Å². The van der Waals surface area contributed by atoms with Crippen molar-refractivity contribution in [2.24, 2.45) is 0 Å². The number of amides is 1. The Hall–Kier alpha value is -2.68. The van der Waals surface area contributed by atoms with Gasteiger partial charge in [-0.1, -0.05) is 30.3 Å². The van der Waals surface area contributed by atoms with E-state index in [0.717, 1.165) is 12.8 Å². The third-order valence-corrected chi connectivity index (χ3v) is 7.70. The molecular formula is C24H28N2O5S. The van der Waals surface area contributed by atoms with E-state index in [1.54, 1.807) is 19.1 Å². The summed E-state index contributed by atoms with van der Waals surface area (Å²) >= 11 is 0. The van der Waals surface area contributed by atoms with Crippen LogP contribution in [0.5, 0.6) is 0 Å². The van der Waals surface area contributed by atoms with Crippen LogP contribution in [0.25, 0.3) is 11.0 Å². The molecule has 1 amide bonds. The van der Waals surface area contributed by atoms with Crippen LogP contribution in [0.1, 0.15) is 35.0 Å². The maximum atomic E-state index is 13.0. The van der Waals surface area contributed by atoms with E-state index < -0.39 is 10.0 Å². The number of sulfonamides is 1. The van der Waals surface area contributed by atoms with Crippen molar-refractivity contribution >= 4 is 26.9 Å². The molecule has 0 spiro atoms. The summed E-state index contributed by atoms with van der Waals surface area (Å²) in [5.74, 6) is -0.0793. The van der Waals surface area contributed by atoms with E-state index in [1.165, 1.54) is 15.9 Å². The summed E-state index contributed by atoms with van der Waals surface area (Å²) in [6.07, 6.45) is 1.67. The Balaban J connectivity index is 1.49. The van der Waals surface area contributed by atoms with E-state index in [1.807, 2.05) is 25.1 Å². The van der Waals surface area contributed by atoms with Crippen molar-refractivity contribution in [3.63, 3.8) is 0 Å². The molecule has 2 aromatic carbocycles. The molecule has 1 saturated heterocycles. The van der Waals surface area contributed by atoms with E-state index >= 15 is 0 Å². The predicted molar refractivity (Wildman–Crippen MR) is 122 cm³/mol. The second kappa shape index (κ2) is 9.44. The number of fused-ring (bicyclic) bond motifs is 1. The fourth-order valence-corrected chi connectivity index (χ4v) is 5.34. The highest BCUT2D eigenvalue weighted by atomic mass is 32.2. The van der Waals surface area contributed by atoms with E-state index in [2.05, 4.69) is 17.4 Å². The van der Waals surface area contributed by atoms with Crippen LogP contribution in [-0.4, -0.2) is 51.0 Å². The molecule has 0 radical (unpaired) electrons. The minimum Gasteiger partial charge on any atom is -0.451 e. The fraction of sp³-hybridized carbons (Fsp3) is 0.375. The van der Waals surface area contributed by atoms with Crippen LogP contribution in [-0.2, 0) is 21.2 Å². The highest BCUT2D eigenvalue weighted by Crippen LogP contribution is 2.29. The molecule has 0 bridgehead atoms. The minimum absolute atomic E-state index is 0.0347. The van der Waals surface area contributed by atoms with Crippen LogP contribution >= 0.6 is 0 Å². The molecule has 1 aliphatic heterocycles. The Morgan fingerprint density at radius 3 is 2.56 bits per heavy atom. The number of hydrogen-bond acceptors (Lipinski definition) is 5. The van der Waals surface area contributed by atoms with Crippen molar-refractivity contribution in [3.05, 3.63) is 65.4 Å². The van der Waals surface area contributed by atoms with Gasteiger partial charge in [-0.25, -0.2) is 8.42 Å². The van der Waals surface area contributed by atoms with Gasteiger partial charge in [0.2, 0.25) is 10.0 Å². The second-order valence-electron chi connectivity index (χ2n) is 8.13. The highest BCUT2D eigenvalue weighted by Gasteiger charge is 2.28. The predicted octanol–water partition coefficient (Wildman–Crippen LogP) is 3.51. The van der Waals surface area contributed by atoms with Crippen molar-refractivity contribution in [1.29, 1.82) is 0 Å². The SMILES string of the molecule is Cc1c(C(=O)N[C@@H](C)CCc2ccccc2)oc2ccc(S(=O)(=O)N3CCOCC3)cc12. The van der Waals surface area contributed by atoms with Gasteiger partial charge in [-0.3, -0.25) is 4.79 Å². The molecule has 8 heteroatoms. The van der Waals surface area contributed by atoms with Crippen LogP contribution < -0.4 is 5.32 Å². The van der Waals surface area contributed by atoms with E-state index in [9.17, 15) is 13.2 Å². The lowest BCUT2D eigenvalue weighted by Crippen LogP contribution is -2.40. The molecule has 1 aromatic heterocycles. The van der Waals surface area contributed by atoms with Gasteiger partial charge in [-0.05, 0) is 50.5 Å². The summed E-state index contributed by atoms with van der Waals surface area (Å²) in [5, 5.41) is 3.62. The van der Waals surface area contributed by atoms with Gasteiger partial charge >= 0.3 is 0 Å². The highest BCUT2D eigenvalue weighted by molar-refractivity contribution is 7.89. The van der Waals surface area contributed by atoms with E-state index in [4.69, 9.17) is 9.15 Å². The Labute approximate surface area is 188 Å². The molecular weight excluding hydrogens is 428 g/mol. The normalized spacial score (nSPS) is 16.2. The first kappa shape index (κ1) is 22.5. The van der Waals surface area contributed by atoms with Gasteiger partial charge in [0.1, 0.15) is 5.58 Å². The minimum atomic E-state index is -3.62. The molecule has 4 rings (SSSR count). The number of hydrogen-bond donors (Lipinski definition) is 1. The Morgan fingerprint density at radius 2 is 1.84 bits per heavy atom. The first-order chi connectivity index (χ1) is 15.4. The van der Waals surface area contributed by atoms with Gasteiger partial charge in [-0.15, -0.1) is 0 Å². The van der Waals surface area contributed by atoms with Gasteiger partial charge < -0.3 is 14.5 Å². The third kappa shape index (κ3) is 4.72. The van der Waals surface area contributed by atoms with Crippen LogP contribution in [0.3, 0.4) is 0 Å². The zero-order chi connectivity index (χ0) is 22.7. The maximum Gasteiger partial charge on any atom is 0.287 e. The Bertz CT molecular complexity index is 1200. The number of aryl methyl sites for hydroxylation is 2. The first-order valence-corrected chi connectivity index (χ1v) is 12.3. The largest absolute Gasteiger partial charge is 0.451 e. The monoisotopic (exact) mass is 456 g/mol. The van der Waals surface area contributed by atoms with Gasteiger partial charge in [0.15, 0.2) is 5.76 Å². The molecule has 1 atom stereocenters. The maximum absolute atomic E-state index is 13.0. The number of carbonyl (C=O) groups is 1. The van der Waals surface area contributed by atoms with Crippen molar-refractivity contribution in [1.82, 2.24) is 9.62 Å². The molecule has 0 unspecified atom stereocenters. The molecule has 32 heavy (non-hydrogen) atoms. The number of carbonyl (C=O) groups excluding carboxylic acids is 1. The third-order valence-electron chi connectivity index (χ3n) is 5.81. The quantitative estimate of drug-likeness (QED) is 0.588. The smallest absolute Gasteiger partial charge is 0.287 e. The summed E-state index contributed by atoms with van der Waals surface area (Å²) in [7, 11) is -3.62. The molecule has 0 aliphatic carbocycles. The topological polar surface area (TPSA) is 88.8 Å². The summed E-state index contributed by atoms with van der Waals surface area (Å²) < 4.78 is 38.4. The van der Waals surface area contributed by atoms with Crippen molar-refractivity contribution in [2.45, 2.75) is 37.6 Å². The number of nitrogens with one attached hydrogen (secondary N) is 1. The number of furan rings is 1. The summed E-state index contributed by atoms with van der Waals surface area (Å²) in [4.78, 5) is 13.0. The Morgan fingerprint density at radius 1 is 1.12 bits per heavy atom. The fourth-order valence-electron chi connectivity index (χ4n) is 3.90. The number of ether oxygens (including phenoxy) is 1. The standard InChI is InChI=1S/C24H28N2O5S/c1-17(8-9-19-6-4-3-5-7-19)25-24(27)23-18(2)21-16-20(10-11-22(21)31-23)32(28,29)26-12-14-30-15-13-26/h3-7,10-11,16-17H,8-9,12-15H2,1-2H3,(H,25,27)/t17-/m0/s1. The lowest BCUT2D eigenvalue weighted by molar-refractivity contribution is 0.0730. The summed E-state index contributed by atoms with van der Waals surface area (Å²) in [6, 6.07) is 14.8. The number of morpholine rings is 1. The summed E-state index contributed by atoms with van der Waals surface area (Å²) in [6.45, 7) is 5.18. The van der Waals surface area contributed by atoms with Crippen molar-refractivity contribution < 1.29 is 22.4 Å². The van der Waals surface area contributed by atoms with Crippen molar-refractivity contribution in [3.8, 4) is 0 Å². The lowest BCUT2D eigenvalue weighted by atomic mass is 10.1. The van der Waals surface area contributed by atoms with Crippen LogP contribution in [0.15, 0.2) is 57.8 Å². The molecule has 1 fully saturated rings. The molecule has 2 heterocycles. The zero-order valence-electron chi connectivity index (χ0n) is 18.3. The lowest BCUT2D eigenvalue weighted by Gasteiger charge is -2.26. The first-order valence-electron chi connectivity index (χ1n) is 10.8. The molecule has 0 saturated carbocycles. The van der Waals surface area contributed by atoms with Crippen LogP contribution in [0.4, 0.5) is 0 Å². The van der Waals surface area contributed by atoms with Gasteiger partial charge in [0.25, 0.3) is 5.91 Å². The molecule has 3 aromatic rings. The second-order valence-corrected chi connectivity index (χ2v) is 10.1. The number of nitrogens with zero attached hydrogens (tertiary/aromatic N) is 1. The van der Waals surface area contributed by atoms with Crippen molar-refractivity contribution in [2.75, 3.05) is 26.3 Å². The van der Waals surface area contributed by atoms with E-state index in [-0.39, 0.29) is 22.6 Å². The zero-order valence-corrected chi connectivity index (χ0v) is 19.2. The summed E-state index contributed by atoms with van der Waals surface area (Å²) in [5.41, 5.74) is 2.35. The van der Waals surface area contributed by atoms with Gasteiger partial charge in [0, 0.05) is 30.1 Å². The molecule has 7 nitrogen and oxygen atoms in total. The molecule has 1 aliphatic rings.